The zero-order valence-electron chi connectivity index (χ0n) is 8.82. The molecule has 1 aromatic carbocycles. The Morgan fingerprint density at radius 2 is 1.93 bits per heavy atom. The minimum absolute atomic E-state index is 0.142. The van der Waals surface area contributed by atoms with Crippen LogP contribution < -0.4 is 0 Å². The van der Waals surface area contributed by atoms with Crippen LogP contribution in [0.5, 0.6) is 0 Å². The Kier molecular flexibility index (Phi) is 3.37. The fourth-order valence-corrected chi connectivity index (χ4v) is 2.44. The summed E-state index contributed by atoms with van der Waals surface area (Å²) in [6.07, 6.45) is 4.29. The van der Waals surface area contributed by atoms with Crippen LogP contribution >= 0.6 is 0 Å². The molecule has 0 atom stereocenters. The van der Waals surface area contributed by atoms with E-state index in [-0.39, 0.29) is 5.82 Å². The molecule has 0 spiro atoms. The first-order valence-corrected chi connectivity index (χ1v) is 5.66. The summed E-state index contributed by atoms with van der Waals surface area (Å²) in [7, 11) is 0. The lowest BCUT2D eigenvalue weighted by Gasteiger charge is -2.27. The van der Waals surface area contributed by atoms with Crippen LogP contribution in [0.2, 0.25) is 0 Å². The van der Waals surface area contributed by atoms with Gasteiger partial charge in [-0.1, -0.05) is 12.1 Å². The van der Waals surface area contributed by atoms with E-state index in [1.165, 1.54) is 6.07 Å². The van der Waals surface area contributed by atoms with E-state index in [0.29, 0.717) is 18.4 Å². The van der Waals surface area contributed by atoms with Gasteiger partial charge in [-0.15, -0.1) is 0 Å². The number of aliphatic hydroxyl groups is 1. The van der Waals surface area contributed by atoms with E-state index in [0.717, 1.165) is 31.2 Å². The first kappa shape index (κ1) is 10.6. The second-order valence-corrected chi connectivity index (χ2v) is 4.46. The van der Waals surface area contributed by atoms with Crippen LogP contribution in [0.4, 0.5) is 4.39 Å². The molecule has 0 amide bonds. The average Bonchev–Trinajstić information content (AvgIpc) is 2.29. The van der Waals surface area contributed by atoms with E-state index in [1.807, 2.05) is 6.07 Å². The second-order valence-electron chi connectivity index (χ2n) is 4.46. The summed E-state index contributed by atoms with van der Waals surface area (Å²) in [6.45, 7) is 0.301. The van der Waals surface area contributed by atoms with Gasteiger partial charge in [-0.25, -0.2) is 4.39 Å². The molecule has 1 fully saturated rings. The van der Waals surface area contributed by atoms with Crippen molar-refractivity contribution in [3.05, 3.63) is 35.6 Å². The highest BCUT2D eigenvalue weighted by Gasteiger charge is 2.21. The van der Waals surface area contributed by atoms with Gasteiger partial charge in [0.25, 0.3) is 0 Å². The van der Waals surface area contributed by atoms with Gasteiger partial charge in [0, 0.05) is 6.61 Å². The highest BCUT2D eigenvalue weighted by molar-refractivity contribution is 5.21. The third kappa shape index (κ3) is 2.57. The predicted octanol–water partition coefficient (Wildman–Crippen LogP) is 3.09. The Morgan fingerprint density at radius 1 is 1.20 bits per heavy atom. The van der Waals surface area contributed by atoms with Crippen LogP contribution in [0.25, 0.3) is 0 Å². The molecule has 15 heavy (non-hydrogen) atoms. The molecule has 1 nitrogen and oxygen atoms in total. The number of benzene rings is 1. The number of halogens is 1. The van der Waals surface area contributed by atoms with Crippen molar-refractivity contribution in [3.63, 3.8) is 0 Å². The molecule has 1 aliphatic carbocycles. The molecule has 82 valence electrons. The molecule has 2 rings (SSSR count). The SMILES string of the molecule is OCC1CCC(c2cccc(F)c2)CC1. The molecule has 0 unspecified atom stereocenters. The van der Waals surface area contributed by atoms with Crippen molar-refractivity contribution in [1.29, 1.82) is 0 Å². The smallest absolute Gasteiger partial charge is 0.123 e. The lowest BCUT2D eigenvalue weighted by atomic mass is 9.79. The van der Waals surface area contributed by atoms with Crippen molar-refractivity contribution in [2.75, 3.05) is 6.61 Å². The summed E-state index contributed by atoms with van der Waals surface area (Å²) in [5.74, 6) is 0.815. The zero-order valence-corrected chi connectivity index (χ0v) is 8.82. The lowest BCUT2D eigenvalue weighted by Crippen LogP contribution is -2.16. The van der Waals surface area contributed by atoms with E-state index < -0.39 is 0 Å². The van der Waals surface area contributed by atoms with Gasteiger partial charge in [0.05, 0.1) is 0 Å². The Bertz CT molecular complexity index is 316. The fraction of sp³-hybridized carbons (Fsp3) is 0.538. The van der Waals surface area contributed by atoms with E-state index in [1.54, 1.807) is 12.1 Å². The van der Waals surface area contributed by atoms with E-state index in [2.05, 4.69) is 0 Å². The van der Waals surface area contributed by atoms with Gasteiger partial charge in [0.1, 0.15) is 5.82 Å². The molecule has 0 radical (unpaired) electrons. The lowest BCUT2D eigenvalue weighted by molar-refractivity contribution is 0.182. The molecule has 1 aromatic rings. The fourth-order valence-electron chi connectivity index (χ4n) is 2.44. The van der Waals surface area contributed by atoms with E-state index >= 15 is 0 Å². The first-order chi connectivity index (χ1) is 7.29. The van der Waals surface area contributed by atoms with Gasteiger partial charge in [-0.2, -0.15) is 0 Å². The Balaban J connectivity index is 2.01. The molecular weight excluding hydrogens is 191 g/mol. The van der Waals surface area contributed by atoms with Crippen LogP contribution in [0.15, 0.2) is 24.3 Å². The Hall–Kier alpha value is -0.890. The molecule has 0 aromatic heterocycles. The van der Waals surface area contributed by atoms with Crippen molar-refractivity contribution >= 4 is 0 Å². The van der Waals surface area contributed by atoms with E-state index in [9.17, 15) is 4.39 Å². The number of rotatable bonds is 2. The minimum Gasteiger partial charge on any atom is -0.396 e. The summed E-state index contributed by atoms with van der Waals surface area (Å²) in [5, 5.41) is 9.03. The van der Waals surface area contributed by atoms with Gasteiger partial charge in [-0.05, 0) is 55.2 Å². The molecule has 0 saturated heterocycles. The molecule has 1 aliphatic rings. The van der Waals surface area contributed by atoms with Crippen molar-refractivity contribution in [1.82, 2.24) is 0 Å². The highest BCUT2D eigenvalue weighted by atomic mass is 19.1. The summed E-state index contributed by atoms with van der Waals surface area (Å²) in [6, 6.07) is 6.92. The normalized spacial score (nSPS) is 26.5. The van der Waals surface area contributed by atoms with Gasteiger partial charge in [0.15, 0.2) is 0 Å². The topological polar surface area (TPSA) is 20.2 Å². The van der Waals surface area contributed by atoms with Crippen LogP contribution in [-0.4, -0.2) is 11.7 Å². The van der Waals surface area contributed by atoms with Gasteiger partial charge in [-0.3, -0.25) is 0 Å². The largest absolute Gasteiger partial charge is 0.396 e. The van der Waals surface area contributed by atoms with Crippen LogP contribution in [-0.2, 0) is 0 Å². The van der Waals surface area contributed by atoms with Gasteiger partial charge >= 0.3 is 0 Å². The number of hydrogen-bond acceptors (Lipinski definition) is 1. The minimum atomic E-state index is -0.142. The highest BCUT2D eigenvalue weighted by Crippen LogP contribution is 2.35. The maximum Gasteiger partial charge on any atom is 0.123 e. The third-order valence-electron chi connectivity index (χ3n) is 3.43. The molecule has 2 heteroatoms. The third-order valence-corrected chi connectivity index (χ3v) is 3.43. The second kappa shape index (κ2) is 4.75. The zero-order chi connectivity index (χ0) is 10.7. The molecule has 0 bridgehead atoms. The predicted molar refractivity (Wildman–Crippen MR) is 58.2 cm³/mol. The quantitative estimate of drug-likeness (QED) is 0.791. The summed E-state index contributed by atoms with van der Waals surface area (Å²) in [4.78, 5) is 0. The maximum atomic E-state index is 13.0. The standard InChI is InChI=1S/C13H17FO/c14-13-3-1-2-12(8-13)11-6-4-10(9-15)5-7-11/h1-3,8,10-11,15H,4-7,9H2. The van der Waals surface area contributed by atoms with Crippen molar-refractivity contribution in [2.24, 2.45) is 5.92 Å². The molecule has 1 N–H and O–H groups in total. The summed E-state index contributed by atoms with van der Waals surface area (Å²) in [5.41, 5.74) is 1.12. The molecule has 0 aliphatic heterocycles. The van der Waals surface area contributed by atoms with E-state index in [4.69, 9.17) is 5.11 Å². The van der Waals surface area contributed by atoms with Crippen molar-refractivity contribution in [2.45, 2.75) is 31.6 Å². The van der Waals surface area contributed by atoms with Crippen molar-refractivity contribution in [3.8, 4) is 0 Å². The average molecular weight is 208 g/mol. The summed E-state index contributed by atoms with van der Waals surface area (Å²) < 4.78 is 13.0. The molecule has 0 heterocycles. The Morgan fingerprint density at radius 3 is 2.53 bits per heavy atom. The molecule has 1 saturated carbocycles. The first-order valence-electron chi connectivity index (χ1n) is 5.66. The van der Waals surface area contributed by atoms with Gasteiger partial charge < -0.3 is 5.11 Å². The summed E-state index contributed by atoms with van der Waals surface area (Å²) >= 11 is 0. The number of hydrogen-bond donors (Lipinski definition) is 1. The van der Waals surface area contributed by atoms with Crippen LogP contribution in [0, 0.1) is 11.7 Å². The van der Waals surface area contributed by atoms with Crippen LogP contribution in [0.3, 0.4) is 0 Å². The Labute approximate surface area is 89.9 Å². The number of aliphatic hydroxyl groups excluding tert-OH is 1. The monoisotopic (exact) mass is 208 g/mol. The van der Waals surface area contributed by atoms with Crippen molar-refractivity contribution < 1.29 is 9.50 Å². The molecular formula is C13H17FO. The maximum absolute atomic E-state index is 13.0. The van der Waals surface area contributed by atoms with Gasteiger partial charge in [0.2, 0.25) is 0 Å². The van der Waals surface area contributed by atoms with Crippen LogP contribution in [0.1, 0.15) is 37.2 Å².